The molecule has 118 valence electrons. The molecular weight excluding hydrogens is 256 g/mol. The summed E-state index contributed by atoms with van der Waals surface area (Å²) in [6, 6.07) is -0.199. The van der Waals surface area contributed by atoms with Crippen molar-refractivity contribution in [1.82, 2.24) is 10.2 Å². The number of methoxy groups -OCH3 is 1. The van der Waals surface area contributed by atoms with Crippen molar-refractivity contribution in [2.45, 2.75) is 51.2 Å². The minimum atomic E-state index is -0.199. The quantitative estimate of drug-likeness (QED) is 0.650. The van der Waals surface area contributed by atoms with Crippen molar-refractivity contribution in [3.63, 3.8) is 0 Å². The molecule has 20 heavy (non-hydrogen) atoms. The molecule has 1 fully saturated rings. The topological polar surface area (TPSA) is 50.8 Å². The molecule has 2 atom stereocenters. The van der Waals surface area contributed by atoms with Crippen molar-refractivity contribution < 1.29 is 14.3 Å². The van der Waals surface area contributed by atoms with Gasteiger partial charge in [-0.1, -0.05) is 6.92 Å². The van der Waals surface area contributed by atoms with E-state index in [4.69, 9.17) is 9.47 Å². The van der Waals surface area contributed by atoms with Crippen LogP contribution in [0.5, 0.6) is 0 Å². The van der Waals surface area contributed by atoms with Crippen molar-refractivity contribution in [1.29, 1.82) is 0 Å². The minimum Gasteiger partial charge on any atom is -0.468 e. The molecule has 1 aliphatic rings. The van der Waals surface area contributed by atoms with E-state index in [-0.39, 0.29) is 12.0 Å². The summed E-state index contributed by atoms with van der Waals surface area (Å²) in [5.74, 6) is -0.166. The highest BCUT2D eigenvalue weighted by Gasteiger charge is 2.20. The molecule has 1 aliphatic heterocycles. The molecule has 0 saturated carbocycles. The van der Waals surface area contributed by atoms with Crippen LogP contribution in [0.25, 0.3) is 0 Å². The highest BCUT2D eigenvalue weighted by atomic mass is 16.5. The van der Waals surface area contributed by atoms with Gasteiger partial charge >= 0.3 is 5.97 Å². The Kier molecular flexibility index (Phi) is 8.82. The Morgan fingerprint density at radius 2 is 2.30 bits per heavy atom. The third-order valence-electron chi connectivity index (χ3n) is 3.72. The Bertz CT molecular complexity index is 268. The number of rotatable bonds is 9. The number of nitrogens with zero attached hydrogens (tertiary/aromatic N) is 1. The zero-order valence-corrected chi connectivity index (χ0v) is 13.2. The van der Waals surface area contributed by atoms with Gasteiger partial charge in [0, 0.05) is 13.2 Å². The van der Waals surface area contributed by atoms with E-state index >= 15 is 0 Å². The molecule has 0 spiro atoms. The van der Waals surface area contributed by atoms with Gasteiger partial charge in [-0.2, -0.15) is 0 Å². The first-order valence-electron chi connectivity index (χ1n) is 7.78. The van der Waals surface area contributed by atoms with Crippen LogP contribution in [-0.2, 0) is 14.3 Å². The van der Waals surface area contributed by atoms with Gasteiger partial charge in [0.25, 0.3) is 0 Å². The monoisotopic (exact) mass is 286 g/mol. The number of carbonyl (C=O) groups is 1. The maximum atomic E-state index is 11.7. The molecule has 1 N–H and O–H groups in total. The van der Waals surface area contributed by atoms with E-state index < -0.39 is 0 Å². The van der Waals surface area contributed by atoms with Gasteiger partial charge in [0.05, 0.1) is 13.2 Å². The van der Waals surface area contributed by atoms with E-state index in [1.165, 1.54) is 20.0 Å². The van der Waals surface area contributed by atoms with Crippen molar-refractivity contribution in [3.05, 3.63) is 0 Å². The lowest BCUT2D eigenvalue weighted by molar-refractivity contribution is -0.143. The summed E-state index contributed by atoms with van der Waals surface area (Å²) in [7, 11) is 3.54. The van der Waals surface area contributed by atoms with Crippen LogP contribution in [0.3, 0.4) is 0 Å². The fourth-order valence-electron chi connectivity index (χ4n) is 2.50. The van der Waals surface area contributed by atoms with Gasteiger partial charge in [-0.15, -0.1) is 0 Å². The van der Waals surface area contributed by atoms with E-state index in [0.717, 1.165) is 45.5 Å². The Labute approximate surface area is 123 Å². The highest BCUT2D eigenvalue weighted by Crippen LogP contribution is 2.13. The Balaban J connectivity index is 2.27. The summed E-state index contributed by atoms with van der Waals surface area (Å²) in [6.45, 7) is 5.64. The maximum Gasteiger partial charge on any atom is 0.322 e. The molecule has 1 saturated heterocycles. The minimum absolute atomic E-state index is 0.166. The molecule has 0 radical (unpaired) electrons. The predicted octanol–water partition coefficient (Wildman–Crippen LogP) is 1.42. The number of hydrogen-bond acceptors (Lipinski definition) is 5. The first-order chi connectivity index (χ1) is 9.67. The predicted molar refractivity (Wildman–Crippen MR) is 79.8 cm³/mol. The molecule has 5 heteroatoms. The molecule has 2 unspecified atom stereocenters. The third-order valence-corrected chi connectivity index (χ3v) is 3.72. The second kappa shape index (κ2) is 10.1. The summed E-state index contributed by atoms with van der Waals surface area (Å²) in [5, 5.41) is 3.25. The van der Waals surface area contributed by atoms with Crippen LogP contribution in [0, 0.1) is 0 Å². The molecule has 0 aromatic carbocycles. The normalized spacial score (nSPS) is 20.9. The smallest absolute Gasteiger partial charge is 0.322 e. The van der Waals surface area contributed by atoms with Crippen molar-refractivity contribution >= 4 is 5.97 Å². The third kappa shape index (κ3) is 6.68. The highest BCUT2D eigenvalue weighted by molar-refractivity contribution is 5.75. The fourth-order valence-corrected chi connectivity index (χ4v) is 2.50. The molecule has 1 heterocycles. The lowest BCUT2D eigenvalue weighted by Crippen LogP contribution is -2.42. The largest absolute Gasteiger partial charge is 0.468 e. The first kappa shape index (κ1) is 17.4. The molecule has 0 aromatic rings. The fraction of sp³-hybridized carbons (Fsp3) is 0.933. The maximum absolute atomic E-state index is 11.7. The van der Waals surface area contributed by atoms with Gasteiger partial charge < -0.3 is 19.7 Å². The van der Waals surface area contributed by atoms with Crippen LogP contribution in [0.2, 0.25) is 0 Å². The Hall–Kier alpha value is -0.650. The van der Waals surface area contributed by atoms with E-state index in [9.17, 15) is 4.79 Å². The van der Waals surface area contributed by atoms with Crippen LogP contribution in [0.4, 0.5) is 0 Å². The second-order valence-electron chi connectivity index (χ2n) is 5.57. The molecular formula is C15H30N2O3. The van der Waals surface area contributed by atoms with Crippen LogP contribution < -0.4 is 5.32 Å². The SMILES string of the molecule is CCCNC(CCN(C)CC1CCCCO1)C(=O)OC. The van der Waals surface area contributed by atoms with Crippen molar-refractivity contribution in [3.8, 4) is 0 Å². The second-order valence-corrected chi connectivity index (χ2v) is 5.57. The molecule has 1 rings (SSSR count). The molecule has 0 aromatic heterocycles. The lowest BCUT2D eigenvalue weighted by Gasteiger charge is -2.28. The summed E-state index contributed by atoms with van der Waals surface area (Å²) in [5.41, 5.74) is 0. The van der Waals surface area contributed by atoms with E-state index in [0.29, 0.717) is 6.10 Å². The van der Waals surface area contributed by atoms with Crippen molar-refractivity contribution in [2.75, 3.05) is 40.4 Å². The molecule has 0 bridgehead atoms. The average molecular weight is 286 g/mol. The van der Waals surface area contributed by atoms with Crippen LogP contribution in [0.15, 0.2) is 0 Å². The number of esters is 1. The lowest BCUT2D eigenvalue weighted by atomic mass is 10.1. The number of hydrogen-bond donors (Lipinski definition) is 1. The standard InChI is InChI=1S/C15H30N2O3/c1-4-9-16-14(15(18)19-3)8-10-17(2)12-13-7-5-6-11-20-13/h13-14,16H,4-12H2,1-3H3. The van der Waals surface area contributed by atoms with Crippen LogP contribution in [-0.4, -0.2) is 63.4 Å². The number of ether oxygens (including phenoxy) is 2. The van der Waals surface area contributed by atoms with Crippen LogP contribution in [0.1, 0.15) is 39.0 Å². The number of carbonyl (C=O) groups excluding carboxylic acids is 1. The van der Waals surface area contributed by atoms with Gasteiger partial charge in [0.2, 0.25) is 0 Å². The van der Waals surface area contributed by atoms with Gasteiger partial charge in [-0.25, -0.2) is 0 Å². The zero-order valence-electron chi connectivity index (χ0n) is 13.2. The van der Waals surface area contributed by atoms with Crippen LogP contribution >= 0.6 is 0 Å². The Morgan fingerprint density at radius 1 is 1.50 bits per heavy atom. The summed E-state index contributed by atoms with van der Waals surface area (Å²) in [6.07, 6.45) is 5.75. The summed E-state index contributed by atoms with van der Waals surface area (Å²) < 4.78 is 10.6. The molecule has 5 nitrogen and oxygen atoms in total. The average Bonchev–Trinajstić information content (AvgIpc) is 2.47. The van der Waals surface area contributed by atoms with Gasteiger partial charge in [-0.3, -0.25) is 4.79 Å². The summed E-state index contributed by atoms with van der Waals surface area (Å²) >= 11 is 0. The van der Waals surface area contributed by atoms with E-state index in [1.807, 2.05) is 0 Å². The van der Waals surface area contributed by atoms with Gasteiger partial charge in [0.15, 0.2) is 0 Å². The van der Waals surface area contributed by atoms with Gasteiger partial charge in [-0.05, 0) is 52.2 Å². The van der Waals surface area contributed by atoms with Gasteiger partial charge in [0.1, 0.15) is 6.04 Å². The summed E-state index contributed by atoms with van der Waals surface area (Å²) in [4.78, 5) is 13.9. The molecule has 0 aliphatic carbocycles. The zero-order chi connectivity index (χ0) is 14.8. The van der Waals surface area contributed by atoms with E-state index in [1.54, 1.807) is 0 Å². The van der Waals surface area contributed by atoms with E-state index in [2.05, 4.69) is 24.2 Å². The number of nitrogens with one attached hydrogen (secondary N) is 1. The number of likely N-dealkylation sites (N-methyl/N-ethyl adjacent to an activating group) is 1. The van der Waals surface area contributed by atoms with Crippen molar-refractivity contribution in [2.24, 2.45) is 0 Å². The Morgan fingerprint density at radius 3 is 2.90 bits per heavy atom. The first-order valence-corrected chi connectivity index (χ1v) is 7.78. The molecule has 0 amide bonds.